The third-order valence-electron chi connectivity index (χ3n) is 4.09. The molecule has 0 aliphatic rings. The smallest absolute Gasteiger partial charge is 0.119 e. The van der Waals surface area contributed by atoms with Crippen LogP contribution in [0.1, 0.15) is 17.2 Å². The highest BCUT2D eigenvalue weighted by atomic mass is 16.5. The van der Waals surface area contributed by atoms with Crippen LogP contribution in [0.3, 0.4) is 0 Å². The number of nitrogens with two attached hydrogens (primary N) is 1. The molecule has 3 aromatic rings. The third kappa shape index (κ3) is 3.26. The Labute approximate surface area is 141 Å². The predicted octanol–water partition coefficient (Wildman–Crippen LogP) is 3.18. The standard InChI is InChI=1S/C19H21N3O2/c1-23-15-8-6-13(7-9-15)18-11-19(22-21-18)17(12-20)14-4-3-5-16(10-14)24-2/h3-11,17H,12,20H2,1-2H3,(H,21,22). The van der Waals surface area contributed by atoms with E-state index < -0.39 is 0 Å². The first-order valence-corrected chi connectivity index (χ1v) is 7.79. The number of hydrogen-bond donors (Lipinski definition) is 2. The van der Waals surface area contributed by atoms with Crippen LogP contribution in [0.5, 0.6) is 11.5 Å². The quantitative estimate of drug-likeness (QED) is 0.731. The van der Waals surface area contributed by atoms with Gasteiger partial charge in [0.15, 0.2) is 0 Å². The second-order valence-electron chi connectivity index (χ2n) is 5.50. The lowest BCUT2D eigenvalue weighted by Gasteiger charge is -2.14. The van der Waals surface area contributed by atoms with E-state index in [0.29, 0.717) is 6.54 Å². The SMILES string of the molecule is COc1ccc(-c2cc(C(CN)c3cccc(OC)c3)[nH]n2)cc1. The number of ether oxygens (including phenoxy) is 2. The Kier molecular flexibility index (Phi) is 4.82. The number of hydrogen-bond acceptors (Lipinski definition) is 4. The minimum atomic E-state index is 0.0413. The van der Waals surface area contributed by atoms with Gasteiger partial charge in [-0.15, -0.1) is 0 Å². The van der Waals surface area contributed by atoms with Crippen molar-refractivity contribution in [1.82, 2.24) is 10.2 Å². The molecular weight excluding hydrogens is 302 g/mol. The monoisotopic (exact) mass is 323 g/mol. The molecule has 24 heavy (non-hydrogen) atoms. The maximum absolute atomic E-state index is 6.01. The van der Waals surface area contributed by atoms with E-state index in [-0.39, 0.29) is 5.92 Å². The third-order valence-corrected chi connectivity index (χ3v) is 4.09. The van der Waals surface area contributed by atoms with E-state index in [1.54, 1.807) is 14.2 Å². The van der Waals surface area contributed by atoms with Crippen LogP contribution in [0.15, 0.2) is 54.6 Å². The van der Waals surface area contributed by atoms with Crippen molar-refractivity contribution in [3.8, 4) is 22.8 Å². The molecule has 0 aliphatic heterocycles. The van der Waals surface area contributed by atoms with Crippen LogP contribution in [0.2, 0.25) is 0 Å². The summed E-state index contributed by atoms with van der Waals surface area (Å²) in [6.45, 7) is 0.484. The summed E-state index contributed by atoms with van der Waals surface area (Å²) in [6, 6.07) is 17.8. The number of nitrogens with one attached hydrogen (secondary N) is 1. The summed E-state index contributed by atoms with van der Waals surface area (Å²) in [5, 5.41) is 7.54. The van der Waals surface area contributed by atoms with Crippen LogP contribution < -0.4 is 15.2 Å². The lowest BCUT2D eigenvalue weighted by molar-refractivity contribution is 0.414. The fourth-order valence-corrected chi connectivity index (χ4v) is 2.73. The number of rotatable bonds is 6. The average molecular weight is 323 g/mol. The summed E-state index contributed by atoms with van der Waals surface area (Å²) in [7, 11) is 3.32. The van der Waals surface area contributed by atoms with Gasteiger partial charge in [0.2, 0.25) is 0 Å². The van der Waals surface area contributed by atoms with E-state index in [1.807, 2.05) is 54.6 Å². The van der Waals surface area contributed by atoms with Crippen LogP contribution >= 0.6 is 0 Å². The van der Waals surface area contributed by atoms with E-state index in [2.05, 4.69) is 10.2 Å². The fraction of sp³-hybridized carbons (Fsp3) is 0.211. The van der Waals surface area contributed by atoms with Crippen LogP contribution in [0.4, 0.5) is 0 Å². The second kappa shape index (κ2) is 7.19. The Morgan fingerprint density at radius 3 is 2.42 bits per heavy atom. The van der Waals surface area contributed by atoms with E-state index in [4.69, 9.17) is 15.2 Å². The molecule has 2 aromatic carbocycles. The average Bonchev–Trinajstić information content (AvgIpc) is 3.12. The van der Waals surface area contributed by atoms with Crippen molar-refractivity contribution in [2.24, 2.45) is 5.73 Å². The van der Waals surface area contributed by atoms with Gasteiger partial charge in [0, 0.05) is 23.7 Å². The molecule has 1 heterocycles. The minimum Gasteiger partial charge on any atom is -0.497 e. The Morgan fingerprint density at radius 1 is 1.00 bits per heavy atom. The zero-order valence-electron chi connectivity index (χ0n) is 13.8. The number of nitrogens with zero attached hydrogens (tertiary/aromatic N) is 1. The van der Waals surface area contributed by atoms with Crippen LogP contribution in [-0.4, -0.2) is 31.0 Å². The van der Waals surface area contributed by atoms with Crippen molar-refractivity contribution >= 4 is 0 Å². The van der Waals surface area contributed by atoms with Gasteiger partial charge in [-0.1, -0.05) is 12.1 Å². The zero-order chi connectivity index (χ0) is 16.9. The number of methoxy groups -OCH3 is 2. The molecule has 1 aromatic heterocycles. The van der Waals surface area contributed by atoms with E-state index in [9.17, 15) is 0 Å². The molecule has 3 rings (SSSR count). The van der Waals surface area contributed by atoms with Crippen LogP contribution in [-0.2, 0) is 0 Å². The van der Waals surface area contributed by atoms with Gasteiger partial charge in [0.1, 0.15) is 11.5 Å². The summed E-state index contributed by atoms with van der Waals surface area (Å²) in [5.74, 6) is 1.69. The van der Waals surface area contributed by atoms with Gasteiger partial charge in [0.05, 0.1) is 19.9 Å². The normalized spacial score (nSPS) is 12.0. The molecule has 5 heteroatoms. The van der Waals surface area contributed by atoms with Gasteiger partial charge < -0.3 is 15.2 Å². The van der Waals surface area contributed by atoms with Crippen LogP contribution in [0.25, 0.3) is 11.3 Å². The van der Waals surface area contributed by atoms with Gasteiger partial charge in [-0.25, -0.2) is 0 Å². The molecule has 1 atom stereocenters. The summed E-state index contributed by atoms with van der Waals surface area (Å²) < 4.78 is 10.5. The van der Waals surface area contributed by atoms with E-state index in [1.165, 1.54) is 0 Å². The molecule has 0 bridgehead atoms. The Hall–Kier alpha value is -2.79. The number of aromatic amines is 1. The van der Waals surface area contributed by atoms with Crippen molar-refractivity contribution in [3.05, 3.63) is 65.9 Å². The first-order chi connectivity index (χ1) is 11.7. The molecular formula is C19H21N3O2. The highest BCUT2D eigenvalue weighted by Gasteiger charge is 2.16. The molecule has 3 N–H and O–H groups in total. The lowest BCUT2D eigenvalue weighted by atomic mass is 9.95. The van der Waals surface area contributed by atoms with Crippen molar-refractivity contribution in [3.63, 3.8) is 0 Å². The van der Waals surface area contributed by atoms with Gasteiger partial charge >= 0.3 is 0 Å². The first kappa shape index (κ1) is 16.1. The largest absolute Gasteiger partial charge is 0.497 e. The first-order valence-electron chi connectivity index (χ1n) is 7.79. The molecule has 0 radical (unpaired) electrons. The number of H-pyrrole nitrogens is 1. The van der Waals surface area contributed by atoms with Crippen molar-refractivity contribution in [2.75, 3.05) is 20.8 Å². The summed E-state index contributed by atoms with van der Waals surface area (Å²) in [6.07, 6.45) is 0. The maximum atomic E-state index is 6.01. The molecule has 0 amide bonds. The Bertz CT molecular complexity index is 796. The minimum absolute atomic E-state index is 0.0413. The predicted molar refractivity (Wildman–Crippen MR) is 94.5 cm³/mol. The van der Waals surface area contributed by atoms with Gasteiger partial charge in [-0.2, -0.15) is 5.10 Å². The Balaban J connectivity index is 1.89. The maximum Gasteiger partial charge on any atom is 0.119 e. The van der Waals surface area contributed by atoms with E-state index >= 15 is 0 Å². The highest BCUT2D eigenvalue weighted by Crippen LogP contribution is 2.28. The van der Waals surface area contributed by atoms with E-state index in [0.717, 1.165) is 34.0 Å². The van der Waals surface area contributed by atoms with Gasteiger partial charge in [-0.05, 0) is 48.0 Å². The summed E-state index contributed by atoms with van der Waals surface area (Å²) in [5.41, 5.74) is 10.0. The number of aromatic nitrogens is 2. The number of benzene rings is 2. The van der Waals surface area contributed by atoms with Crippen molar-refractivity contribution < 1.29 is 9.47 Å². The molecule has 5 nitrogen and oxygen atoms in total. The topological polar surface area (TPSA) is 73.2 Å². The zero-order valence-corrected chi connectivity index (χ0v) is 13.8. The molecule has 1 unspecified atom stereocenters. The summed E-state index contributed by atoms with van der Waals surface area (Å²) in [4.78, 5) is 0. The molecule has 0 saturated carbocycles. The second-order valence-corrected chi connectivity index (χ2v) is 5.50. The summed E-state index contributed by atoms with van der Waals surface area (Å²) >= 11 is 0. The molecule has 0 spiro atoms. The lowest BCUT2D eigenvalue weighted by Crippen LogP contribution is -2.14. The van der Waals surface area contributed by atoms with Gasteiger partial charge in [-0.3, -0.25) is 5.10 Å². The molecule has 0 saturated heterocycles. The van der Waals surface area contributed by atoms with Crippen LogP contribution in [0, 0.1) is 0 Å². The van der Waals surface area contributed by atoms with Gasteiger partial charge in [0.25, 0.3) is 0 Å². The molecule has 0 aliphatic carbocycles. The molecule has 0 fully saturated rings. The fourth-order valence-electron chi connectivity index (χ4n) is 2.73. The molecule has 124 valence electrons. The highest BCUT2D eigenvalue weighted by molar-refractivity contribution is 5.60. The Morgan fingerprint density at radius 2 is 1.75 bits per heavy atom. The van der Waals surface area contributed by atoms with Crippen molar-refractivity contribution in [1.29, 1.82) is 0 Å². The van der Waals surface area contributed by atoms with Crippen molar-refractivity contribution in [2.45, 2.75) is 5.92 Å².